The lowest BCUT2D eigenvalue weighted by molar-refractivity contribution is -0.210. The molecule has 1 aromatic carbocycles. The van der Waals surface area contributed by atoms with Crippen LogP contribution in [0.5, 0.6) is 0 Å². The van der Waals surface area contributed by atoms with Gasteiger partial charge in [-0.05, 0) is 37.8 Å². The van der Waals surface area contributed by atoms with Gasteiger partial charge >= 0.3 is 6.18 Å². The van der Waals surface area contributed by atoms with Crippen LogP contribution in [0.25, 0.3) is 11.3 Å². The monoisotopic (exact) mass is 607 g/mol. The minimum absolute atomic E-state index is 0.00859. The fourth-order valence-corrected chi connectivity index (χ4v) is 6.00. The molecule has 0 bridgehead atoms. The summed E-state index contributed by atoms with van der Waals surface area (Å²) in [5.41, 5.74) is -0.0605. The number of ether oxygens (including phenoxy) is 2. The van der Waals surface area contributed by atoms with Crippen molar-refractivity contribution in [3.8, 4) is 11.3 Å². The molecule has 5 rings (SSSR count). The van der Waals surface area contributed by atoms with Gasteiger partial charge in [0, 0.05) is 31.6 Å². The highest BCUT2D eigenvalue weighted by Gasteiger charge is 2.49. The molecule has 42 heavy (non-hydrogen) atoms. The van der Waals surface area contributed by atoms with Crippen LogP contribution in [0.2, 0.25) is 0 Å². The Kier molecular flexibility index (Phi) is 8.81. The molecule has 232 valence electrons. The van der Waals surface area contributed by atoms with Crippen LogP contribution in [-0.2, 0) is 14.3 Å². The van der Waals surface area contributed by atoms with Gasteiger partial charge in [0.1, 0.15) is 35.6 Å². The number of aromatic nitrogens is 3. The second-order valence-electron chi connectivity index (χ2n) is 11.0. The summed E-state index contributed by atoms with van der Waals surface area (Å²) in [6.07, 6.45) is -4.26. The van der Waals surface area contributed by atoms with E-state index in [9.17, 15) is 36.6 Å². The third kappa shape index (κ3) is 6.41. The average Bonchev–Trinajstić information content (AvgIpc) is 3.59. The van der Waals surface area contributed by atoms with Gasteiger partial charge in [-0.2, -0.15) is 13.2 Å². The van der Waals surface area contributed by atoms with Crippen LogP contribution < -0.4 is 5.32 Å². The fourth-order valence-electron chi connectivity index (χ4n) is 6.00. The number of nitrogens with one attached hydrogen (secondary N) is 1. The summed E-state index contributed by atoms with van der Waals surface area (Å²) in [5.74, 6) is -4.42. The zero-order valence-corrected chi connectivity index (χ0v) is 22.5. The molecule has 1 aromatic heterocycles. The summed E-state index contributed by atoms with van der Waals surface area (Å²) < 4.78 is 91.6. The summed E-state index contributed by atoms with van der Waals surface area (Å²) in [6, 6.07) is 0.324. The Morgan fingerprint density at radius 3 is 2.45 bits per heavy atom. The lowest BCUT2D eigenvalue weighted by Crippen LogP contribution is -2.57. The van der Waals surface area contributed by atoms with E-state index in [1.54, 1.807) is 0 Å². The van der Waals surface area contributed by atoms with E-state index in [0.29, 0.717) is 37.8 Å². The van der Waals surface area contributed by atoms with Gasteiger partial charge in [0.05, 0.1) is 31.2 Å². The largest absolute Gasteiger partial charge is 0.401 e. The minimum Gasteiger partial charge on any atom is -0.394 e. The SMILES string of the molecule is CO[C@@H]1[C@@H](n2cc(-c3cc(F)c(F)c(F)c3)nn2)[C@@H](O)[C@@H](CO)O[C@@H]1CC1=NOC2(CCC(NCC(F)(F)F)CC2)C1. The van der Waals surface area contributed by atoms with E-state index in [4.69, 9.17) is 14.3 Å². The van der Waals surface area contributed by atoms with Crippen molar-refractivity contribution in [2.75, 3.05) is 20.3 Å². The molecule has 0 radical (unpaired) electrons. The first-order valence-electron chi connectivity index (χ1n) is 13.5. The fraction of sp³-hybridized carbons (Fsp3) is 0.654. The standard InChI is InChI=1S/C26H31F6N5O5/c1-40-24-19(8-15-9-25(42-35-15)4-2-14(3-5-25)33-12-26(30,31)32)41-20(11-38)23(39)22(24)37-10-18(34-36-37)13-6-16(27)21(29)17(28)7-13/h6-7,10,14,19-20,22-24,33,38-39H,2-5,8-9,11-12H2,1H3/t14?,19-,20-,22+,23+,24+,25?/m1/s1. The third-order valence-electron chi connectivity index (χ3n) is 8.15. The van der Waals surface area contributed by atoms with Crippen LogP contribution in [0.1, 0.15) is 44.6 Å². The number of benzene rings is 1. The van der Waals surface area contributed by atoms with Crippen LogP contribution in [-0.4, -0.2) is 93.4 Å². The van der Waals surface area contributed by atoms with E-state index in [1.807, 2.05) is 0 Å². The topological polar surface area (TPSA) is 123 Å². The van der Waals surface area contributed by atoms with Gasteiger partial charge in [0.2, 0.25) is 0 Å². The summed E-state index contributed by atoms with van der Waals surface area (Å²) in [7, 11) is 1.40. The van der Waals surface area contributed by atoms with Crippen molar-refractivity contribution < 1.29 is 50.9 Å². The lowest BCUT2D eigenvalue weighted by Gasteiger charge is -2.43. The highest BCUT2D eigenvalue weighted by molar-refractivity contribution is 5.86. The van der Waals surface area contributed by atoms with Gasteiger partial charge in [-0.1, -0.05) is 10.4 Å². The molecule has 1 spiro atoms. The molecule has 1 saturated carbocycles. The smallest absolute Gasteiger partial charge is 0.394 e. The van der Waals surface area contributed by atoms with E-state index in [1.165, 1.54) is 18.0 Å². The van der Waals surface area contributed by atoms with Crippen molar-refractivity contribution >= 4 is 5.71 Å². The molecule has 2 aromatic rings. The number of halogens is 6. The summed E-state index contributed by atoms with van der Waals surface area (Å²) in [5, 5.41) is 35.7. The maximum atomic E-state index is 13.8. The third-order valence-corrected chi connectivity index (χ3v) is 8.15. The number of hydrogen-bond acceptors (Lipinski definition) is 9. The molecule has 1 saturated heterocycles. The molecule has 16 heteroatoms. The highest BCUT2D eigenvalue weighted by Crippen LogP contribution is 2.41. The van der Waals surface area contributed by atoms with Crippen molar-refractivity contribution in [2.24, 2.45) is 5.16 Å². The molecule has 0 unspecified atom stereocenters. The Morgan fingerprint density at radius 2 is 1.83 bits per heavy atom. The average molecular weight is 608 g/mol. The summed E-state index contributed by atoms with van der Waals surface area (Å²) >= 11 is 0. The van der Waals surface area contributed by atoms with Gasteiger partial charge in [-0.3, -0.25) is 0 Å². The number of rotatable bonds is 8. The van der Waals surface area contributed by atoms with Gasteiger partial charge in [-0.25, -0.2) is 17.9 Å². The zero-order chi connectivity index (χ0) is 30.2. The molecule has 5 atom stereocenters. The van der Waals surface area contributed by atoms with Gasteiger partial charge in [-0.15, -0.1) is 5.10 Å². The molecule has 3 N–H and O–H groups in total. The molecule has 0 amide bonds. The number of nitrogens with zero attached hydrogens (tertiary/aromatic N) is 4. The number of methoxy groups -OCH3 is 1. The Bertz CT molecular complexity index is 1260. The van der Waals surface area contributed by atoms with Crippen molar-refractivity contribution in [3.63, 3.8) is 0 Å². The molecular weight excluding hydrogens is 576 g/mol. The molecule has 1 aliphatic carbocycles. The molecule has 3 heterocycles. The van der Waals surface area contributed by atoms with Gasteiger partial charge < -0.3 is 29.8 Å². The minimum atomic E-state index is -4.28. The number of oxime groups is 1. The lowest BCUT2D eigenvalue weighted by atomic mass is 9.78. The maximum Gasteiger partial charge on any atom is 0.401 e. The number of aliphatic hydroxyl groups is 2. The molecular formula is C26H31F6N5O5. The van der Waals surface area contributed by atoms with Crippen LogP contribution >= 0.6 is 0 Å². The van der Waals surface area contributed by atoms with E-state index in [-0.39, 0.29) is 23.7 Å². The second-order valence-corrected chi connectivity index (χ2v) is 11.0. The van der Waals surface area contributed by atoms with Crippen LogP contribution in [0.15, 0.2) is 23.5 Å². The van der Waals surface area contributed by atoms with E-state index >= 15 is 0 Å². The number of aliphatic hydroxyl groups excluding tert-OH is 2. The Labute approximate surface area is 236 Å². The Morgan fingerprint density at radius 1 is 1.14 bits per heavy atom. The Balaban J connectivity index is 1.28. The molecule has 2 fully saturated rings. The van der Waals surface area contributed by atoms with Crippen molar-refractivity contribution in [1.82, 2.24) is 20.3 Å². The Hall–Kier alpha value is -2.79. The predicted octanol–water partition coefficient (Wildman–Crippen LogP) is 3.04. The first-order chi connectivity index (χ1) is 19.9. The second kappa shape index (κ2) is 12.1. The zero-order valence-electron chi connectivity index (χ0n) is 22.5. The molecule has 3 aliphatic rings. The highest BCUT2D eigenvalue weighted by atomic mass is 19.4. The van der Waals surface area contributed by atoms with Crippen molar-refractivity contribution in [2.45, 2.75) is 86.8 Å². The summed E-state index contributed by atoms with van der Waals surface area (Å²) in [4.78, 5) is 5.79. The predicted molar refractivity (Wildman–Crippen MR) is 134 cm³/mol. The van der Waals surface area contributed by atoms with Gasteiger partial charge in [0.25, 0.3) is 0 Å². The summed E-state index contributed by atoms with van der Waals surface area (Å²) in [6.45, 7) is -1.59. The number of alkyl halides is 3. The molecule has 10 nitrogen and oxygen atoms in total. The van der Waals surface area contributed by atoms with Gasteiger partial charge in [0.15, 0.2) is 17.5 Å². The quantitative estimate of drug-likeness (QED) is 0.309. The maximum absolute atomic E-state index is 13.8. The van der Waals surface area contributed by atoms with E-state index in [2.05, 4.69) is 20.8 Å². The molecule has 2 aliphatic heterocycles. The van der Waals surface area contributed by atoms with Crippen LogP contribution in [0.3, 0.4) is 0 Å². The van der Waals surface area contributed by atoms with Crippen molar-refractivity contribution in [1.29, 1.82) is 0 Å². The van der Waals surface area contributed by atoms with Crippen LogP contribution in [0, 0.1) is 17.5 Å². The van der Waals surface area contributed by atoms with E-state index in [0.717, 1.165) is 12.1 Å². The first kappa shape index (κ1) is 30.7. The van der Waals surface area contributed by atoms with E-state index < -0.39 is 72.8 Å². The van der Waals surface area contributed by atoms with Crippen molar-refractivity contribution in [3.05, 3.63) is 35.8 Å². The number of hydrogen-bond donors (Lipinski definition) is 3. The first-order valence-corrected chi connectivity index (χ1v) is 13.5. The normalized spacial score (nSPS) is 31.8. The van der Waals surface area contributed by atoms with Crippen LogP contribution in [0.4, 0.5) is 26.3 Å².